The largest absolute Gasteiger partial charge is 0.489 e. The molecule has 0 radical (unpaired) electrons. The molecule has 0 aliphatic rings. The minimum absolute atomic E-state index is 0.106. The van der Waals surface area contributed by atoms with Crippen molar-refractivity contribution < 1.29 is 9.13 Å². The van der Waals surface area contributed by atoms with Gasteiger partial charge in [0.1, 0.15) is 24.0 Å². The van der Waals surface area contributed by atoms with Crippen molar-refractivity contribution in [1.29, 1.82) is 0 Å². The van der Waals surface area contributed by atoms with E-state index in [9.17, 15) is 4.39 Å². The zero-order valence-corrected chi connectivity index (χ0v) is 17.2. The summed E-state index contributed by atoms with van der Waals surface area (Å²) >= 11 is 0. The predicted molar refractivity (Wildman–Crippen MR) is 116 cm³/mol. The molecular formula is C22H27FN6O. The highest BCUT2D eigenvalue weighted by Gasteiger charge is 2.10. The first-order chi connectivity index (χ1) is 14.7. The van der Waals surface area contributed by atoms with Crippen molar-refractivity contribution in [3.8, 4) is 17.1 Å². The highest BCUT2D eigenvalue weighted by Crippen LogP contribution is 2.16. The van der Waals surface area contributed by atoms with E-state index in [0.29, 0.717) is 24.8 Å². The topological polar surface area (TPSA) is 87.2 Å². The first-order valence-electron chi connectivity index (χ1n) is 10.1. The summed E-state index contributed by atoms with van der Waals surface area (Å²) in [4.78, 5) is 8.85. The molecule has 0 fully saturated rings. The van der Waals surface area contributed by atoms with E-state index in [1.807, 2.05) is 38.1 Å². The van der Waals surface area contributed by atoms with Crippen LogP contribution in [0.15, 0.2) is 59.9 Å². The Hall–Kier alpha value is -3.42. The van der Waals surface area contributed by atoms with E-state index in [4.69, 9.17) is 4.74 Å². The number of ether oxygens (including phenoxy) is 1. The Kier molecular flexibility index (Phi) is 7.77. The van der Waals surface area contributed by atoms with Crippen LogP contribution in [0.3, 0.4) is 0 Å². The van der Waals surface area contributed by atoms with Crippen LogP contribution in [0.4, 0.5) is 4.39 Å². The fourth-order valence-corrected chi connectivity index (χ4v) is 2.89. The number of hydrogen-bond acceptors (Lipinski definition) is 4. The number of aromatic nitrogens is 3. The van der Waals surface area contributed by atoms with Gasteiger partial charge in [-0.25, -0.2) is 14.4 Å². The summed E-state index contributed by atoms with van der Waals surface area (Å²) in [7, 11) is 0. The standard InChI is InChI=1S/C22H27FN6O/c1-3-19(30-20-10-6-9-18(23)12-20)14-26-22(24-4-2)25-13-16-7-5-8-17(11-16)21-27-15-28-29-21/h5-12,15,19H,3-4,13-14H2,1-2H3,(H2,24,25,26)(H,27,28,29). The molecule has 0 saturated carbocycles. The highest BCUT2D eigenvalue weighted by atomic mass is 19.1. The van der Waals surface area contributed by atoms with Crippen LogP contribution in [-0.4, -0.2) is 40.3 Å². The lowest BCUT2D eigenvalue weighted by atomic mass is 10.1. The summed E-state index contributed by atoms with van der Waals surface area (Å²) in [5.41, 5.74) is 2.02. The quantitative estimate of drug-likeness (QED) is 0.371. The zero-order chi connectivity index (χ0) is 21.2. The summed E-state index contributed by atoms with van der Waals surface area (Å²) in [5.74, 6) is 1.64. The molecule has 0 saturated heterocycles. The molecule has 7 nitrogen and oxygen atoms in total. The molecule has 158 valence electrons. The van der Waals surface area contributed by atoms with Gasteiger partial charge in [-0.15, -0.1) is 0 Å². The second-order valence-corrected chi connectivity index (χ2v) is 6.72. The van der Waals surface area contributed by atoms with Crippen LogP contribution in [0.2, 0.25) is 0 Å². The lowest BCUT2D eigenvalue weighted by Crippen LogP contribution is -2.42. The monoisotopic (exact) mass is 410 g/mol. The van der Waals surface area contributed by atoms with Crippen LogP contribution in [0.5, 0.6) is 5.75 Å². The van der Waals surface area contributed by atoms with Crippen molar-refractivity contribution in [3.63, 3.8) is 0 Å². The maximum absolute atomic E-state index is 13.4. The van der Waals surface area contributed by atoms with Gasteiger partial charge in [0.15, 0.2) is 11.8 Å². The summed E-state index contributed by atoms with van der Waals surface area (Å²) in [6, 6.07) is 14.2. The van der Waals surface area contributed by atoms with Gasteiger partial charge in [0, 0.05) is 18.2 Å². The van der Waals surface area contributed by atoms with Gasteiger partial charge < -0.3 is 15.4 Å². The van der Waals surface area contributed by atoms with Crippen LogP contribution < -0.4 is 15.4 Å². The van der Waals surface area contributed by atoms with Crippen LogP contribution in [-0.2, 0) is 6.54 Å². The van der Waals surface area contributed by atoms with E-state index in [1.165, 1.54) is 18.5 Å². The number of aliphatic imine (C=N–C) groups is 1. The van der Waals surface area contributed by atoms with E-state index in [2.05, 4.69) is 30.8 Å². The van der Waals surface area contributed by atoms with Crippen molar-refractivity contribution in [1.82, 2.24) is 25.8 Å². The molecule has 1 aromatic heterocycles. The molecule has 30 heavy (non-hydrogen) atoms. The van der Waals surface area contributed by atoms with E-state index in [1.54, 1.807) is 12.1 Å². The van der Waals surface area contributed by atoms with E-state index in [-0.39, 0.29) is 11.9 Å². The molecule has 2 aromatic carbocycles. The minimum atomic E-state index is -0.308. The molecule has 0 aliphatic heterocycles. The molecule has 3 aromatic rings. The van der Waals surface area contributed by atoms with Crippen molar-refractivity contribution >= 4 is 5.96 Å². The first kappa shape index (κ1) is 21.3. The molecule has 1 heterocycles. The normalized spacial score (nSPS) is 12.4. The van der Waals surface area contributed by atoms with E-state index < -0.39 is 0 Å². The number of benzene rings is 2. The molecule has 0 aliphatic carbocycles. The Morgan fingerprint density at radius 3 is 2.77 bits per heavy atom. The van der Waals surface area contributed by atoms with Crippen molar-refractivity contribution in [2.45, 2.75) is 32.9 Å². The Morgan fingerprint density at radius 2 is 2.03 bits per heavy atom. The second kappa shape index (κ2) is 10.9. The Morgan fingerprint density at radius 1 is 1.17 bits per heavy atom. The Bertz CT molecular complexity index is 944. The molecule has 0 spiro atoms. The van der Waals surface area contributed by atoms with Crippen LogP contribution in [0.25, 0.3) is 11.4 Å². The summed E-state index contributed by atoms with van der Waals surface area (Å²) in [6.45, 7) is 5.86. The average Bonchev–Trinajstić information content (AvgIpc) is 3.30. The van der Waals surface area contributed by atoms with E-state index >= 15 is 0 Å². The lowest BCUT2D eigenvalue weighted by molar-refractivity contribution is 0.198. The van der Waals surface area contributed by atoms with Gasteiger partial charge in [-0.05, 0) is 37.1 Å². The SMILES string of the molecule is CCNC(=NCc1cccc(-c2ncn[nH]2)c1)NCC(CC)Oc1cccc(F)c1. The van der Waals surface area contributed by atoms with Gasteiger partial charge in [0.2, 0.25) is 0 Å². The van der Waals surface area contributed by atoms with Gasteiger partial charge in [-0.2, -0.15) is 5.10 Å². The summed E-state index contributed by atoms with van der Waals surface area (Å²) in [5, 5.41) is 13.3. The van der Waals surface area contributed by atoms with Gasteiger partial charge in [0.25, 0.3) is 0 Å². The van der Waals surface area contributed by atoms with Gasteiger partial charge in [-0.3, -0.25) is 5.10 Å². The number of nitrogens with zero attached hydrogens (tertiary/aromatic N) is 3. The van der Waals surface area contributed by atoms with Crippen LogP contribution in [0.1, 0.15) is 25.8 Å². The maximum Gasteiger partial charge on any atom is 0.191 e. The number of hydrogen-bond donors (Lipinski definition) is 3. The lowest BCUT2D eigenvalue weighted by Gasteiger charge is -2.20. The fourth-order valence-electron chi connectivity index (χ4n) is 2.89. The second-order valence-electron chi connectivity index (χ2n) is 6.72. The fraction of sp³-hybridized carbons (Fsp3) is 0.318. The van der Waals surface area contributed by atoms with Crippen LogP contribution >= 0.6 is 0 Å². The number of aromatic amines is 1. The average molecular weight is 410 g/mol. The van der Waals surface area contributed by atoms with Gasteiger partial charge in [0.05, 0.1) is 13.1 Å². The van der Waals surface area contributed by atoms with Crippen molar-refractivity contribution in [2.75, 3.05) is 13.1 Å². The van der Waals surface area contributed by atoms with Crippen molar-refractivity contribution in [3.05, 3.63) is 66.2 Å². The molecular weight excluding hydrogens is 383 g/mol. The number of rotatable bonds is 9. The molecule has 1 atom stereocenters. The maximum atomic E-state index is 13.4. The van der Waals surface area contributed by atoms with Gasteiger partial charge in [-0.1, -0.05) is 31.2 Å². The first-order valence-corrected chi connectivity index (χ1v) is 10.1. The Labute approximate surface area is 175 Å². The molecule has 3 rings (SSSR count). The molecule has 8 heteroatoms. The third-order valence-corrected chi connectivity index (χ3v) is 4.43. The highest BCUT2D eigenvalue weighted by molar-refractivity contribution is 5.79. The number of halogens is 1. The summed E-state index contributed by atoms with van der Waals surface area (Å²) in [6.07, 6.45) is 2.16. The number of nitrogens with one attached hydrogen (secondary N) is 3. The third-order valence-electron chi connectivity index (χ3n) is 4.43. The summed E-state index contributed by atoms with van der Waals surface area (Å²) < 4.78 is 19.3. The predicted octanol–water partition coefficient (Wildman–Crippen LogP) is 3.52. The smallest absolute Gasteiger partial charge is 0.191 e. The molecule has 1 unspecified atom stereocenters. The zero-order valence-electron chi connectivity index (χ0n) is 17.2. The minimum Gasteiger partial charge on any atom is -0.489 e. The van der Waals surface area contributed by atoms with E-state index in [0.717, 1.165) is 29.9 Å². The van der Waals surface area contributed by atoms with Crippen molar-refractivity contribution in [2.24, 2.45) is 4.99 Å². The van der Waals surface area contributed by atoms with Crippen LogP contribution in [0, 0.1) is 5.82 Å². The number of H-pyrrole nitrogens is 1. The van der Waals surface area contributed by atoms with Gasteiger partial charge >= 0.3 is 0 Å². The third kappa shape index (κ3) is 6.30. The molecule has 0 amide bonds. The molecule has 0 bridgehead atoms. The Balaban J connectivity index is 1.60. The molecule has 3 N–H and O–H groups in total. The number of guanidine groups is 1.